The van der Waals surface area contributed by atoms with Crippen LogP contribution in [0, 0.1) is 5.82 Å². The molecule has 142 valence electrons. The van der Waals surface area contributed by atoms with Gasteiger partial charge in [-0.1, -0.05) is 12.1 Å². The minimum Gasteiger partial charge on any atom is -0.484 e. The largest absolute Gasteiger partial charge is 0.484 e. The first-order valence-corrected chi connectivity index (χ1v) is 8.66. The molecule has 26 heavy (non-hydrogen) atoms. The SMILES string of the molecule is COCC(=O)N1CCN(C)C[C@@H]1C(=O)N1CC(Oc2ccccc2F)C1. The quantitative estimate of drug-likeness (QED) is 0.746. The average Bonchev–Trinajstić information content (AvgIpc) is 2.58. The summed E-state index contributed by atoms with van der Waals surface area (Å²) in [5, 5.41) is 0. The van der Waals surface area contributed by atoms with Crippen LogP contribution in [0.5, 0.6) is 5.75 Å². The van der Waals surface area contributed by atoms with Crippen LogP contribution in [0.4, 0.5) is 4.39 Å². The Labute approximate surface area is 152 Å². The van der Waals surface area contributed by atoms with E-state index in [1.807, 2.05) is 11.9 Å². The Balaban J connectivity index is 1.58. The topological polar surface area (TPSA) is 62.3 Å². The first-order chi connectivity index (χ1) is 12.5. The van der Waals surface area contributed by atoms with E-state index < -0.39 is 11.9 Å². The molecule has 1 aromatic carbocycles. The number of likely N-dealkylation sites (N-methyl/N-ethyl adjacent to an activating group) is 1. The smallest absolute Gasteiger partial charge is 0.249 e. The number of methoxy groups -OCH3 is 1. The number of carbonyl (C=O) groups excluding carboxylic acids is 2. The van der Waals surface area contributed by atoms with Crippen molar-refractivity contribution >= 4 is 11.8 Å². The van der Waals surface area contributed by atoms with Crippen molar-refractivity contribution in [2.24, 2.45) is 0 Å². The Morgan fingerprint density at radius 2 is 1.92 bits per heavy atom. The summed E-state index contributed by atoms with van der Waals surface area (Å²) >= 11 is 0. The van der Waals surface area contributed by atoms with E-state index in [9.17, 15) is 14.0 Å². The van der Waals surface area contributed by atoms with Gasteiger partial charge in [-0.3, -0.25) is 9.59 Å². The maximum atomic E-state index is 13.6. The Hall–Kier alpha value is -2.19. The molecule has 3 rings (SSSR count). The van der Waals surface area contributed by atoms with Crippen LogP contribution >= 0.6 is 0 Å². The van der Waals surface area contributed by atoms with Crippen LogP contribution in [0.2, 0.25) is 0 Å². The van der Waals surface area contributed by atoms with Gasteiger partial charge in [-0.05, 0) is 19.2 Å². The predicted molar refractivity (Wildman–Crippen MR) is 92.3 cm³/mol. The van der Waals surface area contributed by atoms with E-state index in [1.165, 1.54) is 13.2 Å². The van der Waals surface area contributed by atoms with Crippen molar-refractivity contribution < 1.29 is 23.5 Å². The maximum Gasteiger partial charge on any atom is 0.249 e. The molecule has 2 fully saturated rings. The molecule has 2 aliphatic rings. The second-order valence-corrected chi connectivity index (χ2v) is 6.71. The standard InChI is InChI=1S/C18H24FN3O4/c1-20-7-8-22(17(23)12-25-2)15(11-20)18(24)21-9-13(10-21)26-16-6-4-3-5-14(16)19/h3-6,13,15H,7-12H2,1-2H3/t15-/m1/s1. The van der Waals surface area contributed by atoms with Crippen molar-refractivity contribution in [1.29, 1.82) is 0 Å². The molecule has 2 amide bonds. The highest BCUT2D eigenvalue weighted by Gasteiger charge is 2.41. The summed E-state index contributed by atoms with van der Waals surface area (Å²) in [4.78, 5) is 30.4. The number of piperazine rings is 1. The second-order valence-electron chi connectivity index (χ2n) is 6.71. The van der Waals surface area contributed by atoms with Gasteiger partial charge in [0.05, 0.1) is 13.1 Å². The van der Waals surface area contributed by atoms with Gasteiger partial charge in [0, 0.05) is 26.7 Å². The number of likely N-dealkylation sites (tertiary alicyclic amines) is 1. The highest BCUT2D eigenvalue weighted by molar-refractivity contribution is 5.89. The molecule has 0 N–H and O–H groups in total. The van der Waals surface area contributed by atoms with Gasteiger partial charge in [0.1, 0.15) is 18.8 Å². The molecule has 8 heteroatoms. The van der Waals surface area contributed by atoms with Crippen LogP contribution in [0.15, 0.2) is 24.3 Å². The van der Waals surface area contributed by atoms with Gasteiger partial charge in [-0.25, -0.2) is 4.39 Å². The maximum absolute atomic E-state index is 13.6. The Bertz CT molecular complexity index is 666. The molecular formula is C18H24FN3O4. The summed E-state index contributed by atoms with van der Waals surface area (Å²) < 4.78 is 24.2. The third kappa shape index (κ3) is 3.96. The van der Waals surface area contributed by atoms with Crippen molar-refractivity contribution in [2.45, 2.75) is 12.1 Å². The summed E-state index contributed by atoms with van der Waals surface area (Å²) in [5.41, 5.74) is 0. The molecule has 7 nitrogen and oxygen atoms in total. The molecular weight excluding hydrogens is 341 g/mol. The second kappa shape index (κ2) is 8.01. The number of para-hydroxylation sites is 1. The molecule has 0 saturated carbocycles. The van der Waals surface area contributed by atoms with Crippen molar-refractivity contribution in [1.82, 2.24) is 14.7 Å². The van der Waals surface area contributed by atoms with E-state index in [0.29, 0.717) is 26.2 Å². The van der Waals surface area contributed by atoms with Crippen molar-refractivity contribution in [3.8, 4) is 5.75 Å². The molecule has 0 radical (unpaired) electrons. The Kier molecular flexibility index (Phi) is 5.73. The molecule has 2 heterocycles. The Morgan fingerprint density at radius 3 is 2.62 bits per heavy atom. The molecule has 0 bridgehead atoms. The number of benzene rings is 1. The highest BCUT2D eigenvalue weighted by atomic mass is 19.1. The van der Waals surface area contributed by atoms with Gasteiger partial charge in [-0.15, -0.1) is 0 Å². The lowest BCUT2D eigenvalue weighted by Gasteiger charge is -2.45. The lowest BCUT2D eigenvalue weighted by Crippen LogP contribution is -2.65. The molecule has 1 aromatic rings. The van der Waals surface area contributed by atoms with E-state index in [4.69, 9.17) is 9.47 Å². The lowest BCUT2D eigenvalue weighted by atomic mass is 10.1. The van der Waals surface area contributed by atoms with Gasteiger partial charge in [0.25, 0.3) is 0 Å². The summed E-state index contributed by atoms with van der Waals surface area (Å²) in [7, 11) is 3.39. The number of amides is 2. The molecule has 0 unspecified atom stereocenters. The monoisotopic (exact) mass is 365 g/mol. The molecule has 0 aliphatic carbocycles. The highest BCUT2D eigenvalue weighted by Crippen LogP contribution is 2.23. The lowest BCUT2D eigenvalue weighted by molar-refractivity contribution is -0.156. The minimum absolute atomic E-state index is 0.0352. The number of halogens is 1. The van der Waals surface area contributed by atoms with Gasteiger partial charge in [-0.2, -0.15) is 0 Å². The van der Waals surface area contributed by atoms with Gasteiger partial charge < -0.3 is 24.2 Å². The van der Waals surface area contributed by atoms with Gasteiger partial charge in [0.15, 0.2) is 11.6 Å². The van der Waals surface area contributed by atoms with Crippen molar-refractivity contribution in [2.75, 3.05) is 53.5 Å². The van der Waals surface area contributed by atoms with Crippen LogP contribution in [0.1, 0.15) is 0 Å². The fourth-order valence-corrected chi connectivity index (χ4v) is 3.26. The average molecular weight is 365 g/mol. The number of hydrogen-bond acceptors (Lipinski definition) is 5. The summed E-state index contributed by atoms with van der Waals surface area (Å²) in [6.45, 7) is 2.45. The van der Waals surface area contributed by atoms with Gasteiger partial charge in [0.2, 0.25) is 11.8 Å². The molecule has 1 atom stereocenters. The van der Waals surface area contributed by atoms with Crippen LogP contribution in [-0.4, -0.2) is 92.1 Å². The number of hydrogen-bond donors (Lipinski definition) is 0. The first kappa shape index (κ1) is 18.6. The third-order valence-corrected chi connectivity index (χ3v) is 4.75. The van der Waals surface area contributed by atoms with Crippen LogP contribution in [0.25, 0.3) is 0 Å². The minimum atomic E-state index is -0.522. The zero-order valence-electron chi connectivity index (χ0n) is 15.1. The Morgan fingerprint density at radius 1 is 1.19 bits per heavy atom. The van der Waals surface area contributed by atoms with E-state index in [-0.39, 0.29) is 30.3 Å². The third-order valence-electron chi connectivity index (χ3n) is 4.75. The summed E-state index contributed by atoms with van der Waals surface area (Å²) in [6, 6.07) is 5.70. The zero-order valence-corrected chi connectivity index (χ0v) is 15.1. The van der Waals surface area contributed by atoms with Crippen molar-refractivity contribution in [3.63, 3.8) is 0 Å². The zero-order chi connectivity index (χ0) is 18.7. The van der Waals surface area contributed by atoms with Gasteiger partial charge >= 0.3 is 0 Å². The van der Waals surface area contributed by atoms with E-state index in [1.54, 1.807) is 28.0 Å². The fourth-order valence-electron chi connectivity index (χ4n) is 3.26. The number of ether oxygens (including phenoxy) is 2. The first-order valence-electron chi connectivity index (χ1n) is 8.66. The fraction of sp³-hybridized carbons (Fsp3) is 0.556. The summed E-state index contributed by atoms with van der Waals surface area (Å²) in [6.07, 6.45) is -0.236. The molecule has 0 aromatic heterocycles. The van der Waals surface area contributed by atoms with E-state index >= 15 is 0 Å². The van der Waals surface area contributed by atoms with Crippen molar-refractivity contribution in [3.05, 3.63) is 30.1 Å². The van der Waals surface area contributed by atoms with E-state index in [0.717, 1.165) is 6.54 Å². The summed E-state index contributed by atoms with van der Waals surface area (Å²) in [5.74, 6) is -0.505. The van der Waals surface area contributed by atoms with Crippen LogP contribution in [-0.2, 0) is 14.3 Å². The number of rotatable bonds is 5. The number of carbonyl (C=O) groups is 2. The van der Waals surface area contributed by atoms with Crippen LogP contribution < -0.4 is 4.74 Å². The molecule has 0 spiro atoms. The normalized spacial score (nSPS) is 21.4. The van der Waals surface area contributed by atoms with Crippen LogP contribution in [0.3, 0.4) is 0 Å². The predicted octanol–water partition coefficient (Wildman–Crippen LogP) is 0.204. The van der Waals surface area contributed by atoms with E-state index in [2.05, 4.69) is 0 Å². The molecule has 2 aliphatic heterocycles. The number of nitrogens with zero attached hydrogens (tertiary/aromatic N) is 3. The molecule has 2 saturated heterocycles.